The molecule has 0 fully saturated rings. The molecule has 0 saturated heterocycles. The molecule has 0 aromatic carbocycles. The molecule has 5 nitrogen and oxygen atoms in total. The standard InChI is InChI=1S/C12H20ClN3O2/c1-4-5-6-16-12(17)11(13)10(7-14-16)15-9(2)8-18-3/h7,9,15H,4-6,8H2,1-3H3. The molecule has 0 amide bonds. The lowest BCUT2D eigenvalue weighted by Gasteiger charge is -2.15. The first-order valence-electron chi connectivity index (χ1n) is 6.11. The van der Waals surface area contributed by atoms with Gasteiger partial charge in [0.2, 0.25) is 0 Å². The lowest BCUT2D eigenvalue weighted by Crippen LogP contribution is -2.27. The zero-order valence-corrected chi connectivity index (χ0v) is 11.8. The smallest absolute Gasteiger partial charge is 0.287 e. The van der Waals surface area contributed by atoms with E-state index in [1.54, 1.807) is 13.3 Å². The van der Waals surface area contributed by atoms with Crippen LogP contribution in [0.4, 0.5) is 5.69 Å². The van der Waals surface area contributed by atoms with Crippen LogP contribution in [-0.4, -0.2) is 29.5 Å². The van der Waals surface area contributed by atoms with E-state index in [2.05, 4.69) is 17.3 Å². The number of halogens is 1. The van der Waals surface area contributed by atoms with Crippen LogP contribution in [-0.2, 0) is 11.3 Å². The molecule has 0 aliphatic carbocycles. The van der Waals surface area contributed by atoms with Gasteiger partial charge in [-0.1, -0.05) is 24.9 Å². The molecule has 1 atom stereocenters. The molecule has 102 valence electrons. The quantitative estimate of drug-likeness (QED) is 0.827. The van der Waals surface area contributed by atoms with Crippen LogP contribution in [0.15, 0.2) is 11.0 Å². The number of methoxy groups -OCH3 is 1. The number of ether oxygens (including phenoxy) is 1. The minimum Gasteiger partial charge on any atom is -0.383 e. The predicted molar refractivity (Wildman–Crippen MR) is 73.4 cm³/mol. The van der Waals surface area contributed by atoms with E-state index in [0.29, 0.717) is 18.8 Å². The summed E-state index contributed by atoms with van der Waals surface area (Å²) in [5.74, 6) is 0. The molecule has 1 unspecified atom stereocenters. The van der Waals surface area contributed by atoms with Crippen molar-refractivity contribution in [3.8, 4) is 0 Å². The zero-order chi connectivity index (χ0) is 13.5. The maximum atomic E-state index is 11.9. The van der Waals surface area contributed by atoms with Gasteiger partial charge in [0, 0.05) is 19.7 Å². The third kappa shape index (κ3) is 3.99. The molecule has 0 aliphatic heterocycles. The van der Waals surface area contributed by atoms with Gasteiger partial charge in [0.1, 0.15) is 5.02 Å². The summed E-state index contributed by atoms with van der Waals surface area (Å²) in [6.07, 6.45) is 3.51. The molecule has 0 bridgehead atoms. The van der Waals surface area contributed by atoms with Crippen LogP contribution < -0.4 is 10.9 Å². The third-order valence-electron chi connectivity index (χ3n) is 2.53. The summed E-state index contributed by atoms with van der Waals surface area (Å²) in [5, 5.41) is 7.39. The highest BCUT2D eigenvalue weighted by Crippen LogP contribution is 2.16. The van der Waals surface area contributed by atoms with Crippen LogP contribution in [0, 0.1) is 0 Å². The number of nitrogens with zero attached hydrogens (tertiary/aromatic N) is 2. The molecule has 0 radical (unpaired) electrons. The summed E-state index contributed by atoms with van der Waals surface area (Å²) < 4.78 is 6.41. The second-order valence-corrected chi connectivity index (χ2v) is 4.63. The van der Waals surface area contributed by atoms with Crippen LogP contribution >= 0.6 is 11.6 Å². The fraction of sp³-hybridized carbons (Fsp3) is 0.667. The van der Waals surface area contributed by atoms with Gasteiger partial charge in [-0.25, -0.2) is 4.68 Å². The minimum atomic E-state index is -0.250. The Morgan fingerprint density at radius 2 is 2.33 bits per heavy atom. The Morgan fingerprint density at radius 3 is 2.94 bits per heavy atom. The molecule has 6 heteroatoms. The second kappa shape index (κ2) is 7.38. The predicted octanol–water partition coefficient (Wildman–Crippen LogP) is 2.14. The van der Waals surface area contributed by atoms with Gasteiger partial charge < -0.3 is 10.1 Å². The molecule has 18 heavy (non-hydrogen) atoms. The second-order valence-electron chi connectivity index (χ2n) is 4.25. The highest BCUT2D eigenvalue weighted by Gasteiger charge is 2.11. The average Bonchev–Trinajstić information content (AvgIpc) is 2.34. The lowest BCUT2D eigenvalue weighted by molar-refractivity contribution is 0.190. The Morgan fingerprint density at radius 1 is 1.61 bits per heavy atom. The number of aryl methyl sites for hydroxylation is 1. The van der Waals surface area contributed by atoms with Crippen molar-refractivity contribution in [2.24, 2.45) is 0 Å². The van der Waals surface area contributed by atoms with Gasteiger partial charge in [0.25, 0.3) is 5.56 Å². The number of rotatable bonds is 7. The Hall–Kier alpha value is -1.07. The van der Waals surface area contributed by atoms with Crippen molar-refractivity contribution in [1.29, 1.82) is 0 Å². The molecule has 1 aromatic heterocycles. The largest absolute Gasteiger partial charge is 0.383 e. The molecule has 0 saturated carbocycles. The van der Waals surface area contributed by atoms with Gasteiger partial charge in [0.05, 0.1) is 18.5 Å². The van der Waals surface area contributed by atoms with E-state index in [-0.39, 0.29) is 16.6 Å². The third-order valence-corrected chi connectivity index (χ3v) is 2.89. The number of unbranched alkanes of at least 4 members (excludes halogenated alkanes) is 1. The zero-order valence-electron chi connectivity index (χ0n) is 11.1. The van der Waals surface area contributed by atoms with Gasteiger partial charge in [-0.15, -0.1) is 0 Å². The molecule has 0 aliphatic rings. The topological polar surface area (TPSA) is 56.1 Å². The van der Waals surface area contributed by atoms with Gasteiger partial charge in [-0.05, 0) is 13.3 Å². The van der Waals surface area contributed by atoms with Gasteiger partial charge in [-0.3, -0.25) is 4.79 Å². The maximum absolute atomic E-state index is 11.9. The summed E-state index contributed by atoms with van der Waals surface area (Å²) >= 11 is 6.04. The molecule has 0 spiro atoms. The van der Waals surface area contributed by atoms with Gasteiger partial charge >= 0.3 is 0 Å². The van der Waals surface area contributed by atoms with Crippen molar-refractivity contribution in [3.05, 3.63) is 21.6 Å². The SMILES string of the molecule is CCCCn1ncc(NC(C)COC)c(Cl)c1=O. The van der Waals surface area contributed by atoms with Crippen LogP contribution in [0.25, 0.3) is 0 Å². The number of anilines is 1. The van der Waals surface area contributed by atoms with Gasteiger partial charge in [0.15, 0.2) is 0 Å². The summed E-state index contributed by atoms with van der Waals surface area (Å²) in [6, 6.07) is 0.0696. The van der Waals surface area contributed by atoms with Crippen molar-refractivity contribution in [1.82, 2.24) is 9.78 Å². The monoisotopic (exact) mass is 273 g/mol. The van der Waals surface area contributed by atoms with E-state index in [4.69, 9.17) is 16.3 Å². The number of hydrogen-bond donors (Lipinski definition) is 1. The van der Waals surface area contributed by atoms with Crippen molar-refractivity contribution in [2.45, 2.75) is 39.3 Å². The van der Waals surface area contributed by atoms with Crippen LogP contribution in [0.2, 0.25) is 5.02 Å². The molecule has 1 N–H and O–H groups in total. The number of nitrogens with one attached hydrogen (secondary N) is 1. The fourth-order valence-corrected chi connectivity index (χ4v) is 1.79. The highest BCUT2D eigenvalue weighted by atomic mass is 35.5. The van der Waals surface area contributed by atoms with E-state index < -0.39 is 0 Å². The summed E-state index contributed by atoms with van der Waals surface area (Å²) in [4.78, 5) is 11.9. The molecule has 1 heterocycles. The summed E-state index contributed by atoms with van der Waals surface area (Å²) in [7, 11) is 1.63. The first-order valence-corrected chi connectivity index (χ1v) is 6.49. The Labute approximate surface area is 112 Å². The minimum absolute atomic E-state index is 0.0696. The molecular weight excluding hydrogens is 254 g/mol. The first-order chi connectivity index (χ1) is 8.60. The van der Waals surface area contributed by atoms with E-state index >= 15 is 0 Å². The maximum Gasteiger partial charge on any atom is 0.287 e. The number of hydrogen-bond acceptors (Lipinski definition) is 4. The van der Waals surface area contributed by atoms with E-state index in [0.717, 1.165) is 12.8 Å². The van der Waals surface area contributed by atoms with Crippen molar-refractivity contribution < 1.29 is 4.74 Å². The van der Waals surface area contributed by atoms with Crippen molar-refractivity contribution in [3.63, 3.8) is 0 Å². The fourth-order valence-electron chi connectivity index (χ4n) is 1.59. The summed E-state index contributed by atoms with van der Waals surface area (Å²) in [5.41, 5.74) is 0.304. The van der Waals surface area contributed by atoms with E-state index in [1.807, 2.05) is 6.92 Å². The van der Waals surface area contributed by atoms with E-state index in [1.165, 1.54) is 4.68 Å². The van der Waals surface area contributed by atoms with Crippen LogP contribution in [0.3, 0.4) is 0 Å². The molecule has 1 rings (SSSR count). The van der Waals surface area contributed by atoms with Crippen molar-refractivity contribution >= 4 is 17.3 Å². The molecule has 1 aromatic rings. The Balaban J connectivity index is 2.83. The van der Waals surface area contributed by atoms with E-state index in [9.17, 15) is 4.79 Å². The van der Waals surface area contributed by atoms with Crippen LogP contribution in [0.1, 0.15) is 26.7 Å². The first kappa shape index (κ1) is 15.0. The lowest BCUT2D eigenvalue weighted by atomic mass is 10.3. The highest BCUT2D eigenvalue weighted by molar-refractivity contribution is 6.32. The Kier molecular flexibility index (Phi) is 6.15. The Bertz CT molecular complexity index is 434. The summed E-state index contributed by atoms with van der Waals surface area (Å²) in [6.45, 7) is 5.15. The van der Waals surface area contributed by atoms with Gasteiger partial charge in [-0.2, -0.15) is 5.10 Å². The normalized spacial score (nSPS) is 12.4. The average molecular weight is 274 g/mol. The molecular formula is C12H20ClN3O2. The number of aromatic nitrogens is 2. The van der Waals surface area contributed by atoms with Crippen LogP contribution in [0.5, 0.6) is 0 Å². The van der Waals surface area contributed by atoms with Crippen molar-refractivity contribution in [2.75, 3.05) is 19.0 Å².